The van der Waals surface area contributed by atoms with E-state index in [1.165, 1.54) is 11.3 Å². The third-order valence-corrected chi connectivity index (χ3v) is 3.15. The highest BCUT2D eigenvalue weighted by Crippen LogP contribution is 2.19. The fourth-order valence-electron chi connectivity index (χ4n) is 0.823. The van der Waals surface area contributed by atoms with Crippen LogP contribution < -0.4 is 11.1 Å². The van der Waals surface area contributed by atoms with E-state index < -0.39 is 0 Å². The van der Waals surface area contributed by atoms with Gasteiger partial charge in [0.1, 0.15) is 0 Å². The summed E-state index contributed by atoms with van der Waals surface area (Å²) in [7, 11) is 0. The van der Waals surface area contributed by atoms with Gasteiger partial charge in [0.05, 0.1) is 4.88 Å². The van der Waals surface area contributed by atoms with E-state index in [-0.39, 0.29) is 18.3 Å². The van der Waals surface area contributed by atoms with Crippen LogP contribution in [0.4, 0.5) is 0 Å². The smallest absolute Gasteiger partial charge is 0.261 e. The average Bonchev–Trinajstić information content (AvgIpc) is 2.52. The van der Waals surface area contributed by atoms with Gasteiger partial charge in [0.15, 0.2) is 0 Å². The first-order valence-corrected chi connectivity index (χ1v) is 5.63. The molecule has 1 rings (SSSR count). The van der Waals surface area contributed by atoms with Gasteiger partial charge in [-0.15, -0.1) is 23.7 Å². The average molecular weight is 300 g/mol. The zero-order valence-corrected chi connectivity index (χ0v) is 10.7. The zero-order chi connectivity index (χ0) is 9.68. The Labute approximate surface area is 102 Å². The van der Waals surface area contributed by atoms with Crippen molar-refractivity contribution >= 4 is 45.6 Å². The van der Waals surface area contributed by atoms with E-state index in [4.69, 9.17) is 5.73 Å². The van der Waals surface area contributed by atoms with Crippen LogP contribution in [0.2, 0.25) is 0 Å². The molecule has 0 aromatic carbocycles. The number of thiophene rings is 1. The molecule has 0 fully saturated rings. The maximum Gasteiger partial charge on any atom is 0.261 e. The summed E-state index contributed by atoms with van der Waals surface area (Å²) in [6.07, 6.45) is 0.818. The number of carbonyl (C=O) groups excluding carboxylic acids is 1. The molecule has 1 amide bonds. The molecule has 0 aliphatic rings. The zero-order valence-electron chi connectivity index (χ0n) is 7.46. The molecule has 0 radical (unpaired) electrons. The molecule has 0 aliphatic heterocycles. The predicted octanol–water partition coefficient (Wildman–Crippen LogP) is 2.01. The second kappa shape index (κ2) is 7.23. The number of halogens is 2. The number of amides is 1. The summed E-state index contributed by atoms with van der Waals surface area (Å²) in [6.45, 7) is 1.25. The fourth-order valence-corrected chi connectivity index (χ4v) is 2.17. The van der Waals surface area contributed by atoms with Crippen LogP contribution in [-0.2, 0) is 0 Å². The van der Waals surface area contributed by atoms with Gasteiger partial charge in [-0.05, 0) is 35.0 Å². The molecule has 0 bridgehead atoms. The van der Waals surface area contributed by atoms with Crippen molar-refractivity contribution in [1.82, 2.24) is 5.32 Å². The summed E-state index contributed by atoms with van der Waals surface area (Å²) in [6, 6.07) is 1.81. The predicted molar refractivity (Wildman–Crippen MR) is 65.3 cm³/mol. The molecule has 0 atom stereocenters. The Kier molecular flexibility index (Phi) is 7.17. The van der Waals surface area contributed by atoms with E-state index in [2.05, 4.69) is 21.2 Å². The lowest BCUT2D eigenvalue weighted by atomic mass is 10.4. The standard InChI is InChI=1S/C8H11BrN2OS.ClH/c9-6-4-7(13-5-6)8(12)11-3-1-2-10;/h4-5H,1-3,10H2,(H,11,12);1H. The second-order valence-electron chi connectivity index (χ2n) is 2.53. The second-order valence-corrected chi connectivity index (χ2v) is 4.35. The van der Waals surface area contributed by atoms with E-state index in [0.717, 1.165) is 15.8 Å². The molecule has 14 heavy (non-hydrogen) atoms. The van der Waals surface area contributed by atoms with Gasteiger partial charge in [-0.2, -0.15) is 0 Å². The molecule has 1 heterocycles. The van der Waals surface area contributed by atoms with Gasteiger partial charge in [-0.25, -0.2) is 0 Å². The van der Waals surface area contributed by atoms with Gasteiger partial charge in [-0.1, -0.05) is 0 Å². The quantitative estimate of drug-likeness (QED) is 0.836. The Morgan fingerprint density at radius 3 is 2.86 bits per heavy atom. The summed E-state index contributed by atoms with van der Waals surface area (Å²) in [5.74, 6) is -0.0239. The molecule has 3 N–H and O–H groups in total. The van der Waals surface area contributed by atoms with E-state index in [1.807, 2.05) is 11.4 Å². The normalized spacial score (nSPS) is 9.29. The monoisotopic (exact) mass is 298 g/mol. The van der Waals surface area contributed by atoms with Crippen molar-refractivity contribution in [3.8, 4) is 0 Å². The van der Waals surface area contributed by atoms with E-state index in [1.54, 1.807) is 0 Å². The number of rotatable bonds is 4. The van der Waals surface area contributed by atoms with Crippen LogP contribution >= 0.6 is 39.7 Å². The van der Waals surface area contributed by atoms with Gasteiger partial charge >= 0.3 is 0 Å². The van der Waals surface area contributed by atoms with Gasteiger partial charge in [0.2, 0.25) is 0 Å². The first-order chi connectivity index (χ1) is 6.24. The summed E-state index contributed by atoms with van der Waals surface area (Å²) >= 11 is 4.72. The lowest BCUT2D eigenvalue weighted by Crippen LogP contribution is -2.25. The van der Waals surface area contributed by atoms with Crippen LogP contribution in [0.25, 0.3) is 0 Å². The Balaban J connectivity index is 0.00000169. The van der Waals surface area contributed by atoms with Crippen molar-refractivity contribution in [2.45, 2.75) is 6.42 Å². The molecule has 0 aliphatic carbocycles. The molecule has 3 nitrogen and oxygen atoms in total. The molecular formula is C8H12BrClN2OS. The highest BCUT2D eigenvalue weighted by atomic mass is 79.9. The summed E-state index contributed by atoms with van der Waals surface area (Å²) in [5.41, 5.74) is 5.30. The van der Waals surface area contributed by atoms with Crippen LogP contribution in [0, 0.1) is 0 Å². The van der Waals surface area contributed by atoms with Crippen molar-refractivity contribution in [2.24, 2.45) is 5.73 Å². The van der Waals surface area contributed by atoms with E-state index in [9.17, 15) is 4.79 Å². The van der Waals surface area contributed by atoms with Crippen LogP contribution in [0.15, 0.2) is 15.9 Å². The highest BCUT2D eigenvalue weighted by Gasteiger charge is 2.06. The van der Waals surface area contributed by atoms with Gasteiger partial charge < -0.3 is 11.1 Å². The number of carbonyl (C=O) groups is 1. The number of hydrogen-bond donors (Lipinski definition) is 2. The molecule has 1 aromatic rings. The topological polar surface area (TPSA) is 55.1 Å². The van der Waals surface area contributed by atoms with Crippen molar-refractivity contribution in [2.75, 3.05) is 13.1 Å². The molecule has 80 valence electrons. The molecular weight excluding hydrogens is 288 g/mol. The molecule has 0 unspecified atom stereocenters. The number of nitrogens with one attached hydrogen (secondary N) is 1. The minimum absolute atomic E-state index is 0. The fraction of sp³-hybridized carbons (Fsp3) is 0.375. The van der Waals surface area contributed by atoms with Crippen LogP contribution in [-0.4, -0.2) is 19.0 Å². The summed E-state index contributed by atoms with van der Waals surface area (Å²) < 4.78 is 0.946. The van der Waals surface area contributed by atoms with Gasteiger partial charge in [0.25, 0.3) is 5.91 Å². The van der Waals surface area contributed by atoms with E-state index in [0.29, 0.717) is 13.1 Å². The van der Waals surface area contributed by atoms with Crippen LogP contribution in [0.3, 0.4) is 0 Å². The maximum atomic E-state index is 11.4. The van der Waals surface area contributed by atoms with Crippen molar-refractivity contribution in [3.63, 3.8) is 0 Å². The Morgan fingerprint density at radius 2 is 2.36 bits per heavy atom. The van der Waals surface area contributed by atoms with Crippen molar-refractivity contribution in [3.05, 3.63) is 20.8 Å². The summed E-state index contributed by atoms with van der Waals surface area (Å²) in [4.78, 5) is 12.1. The minimum atomic E-state index is -0.0239. The maximum absolute atomic E-state index is 11.4. The van der Waals surface area contributed by atoms with Gasteiger partial charge in [-0.3, -0.25) is 4.79 Å². The van der Waals surface area contributed by atoms with Crippen molar-refractivity contribution in [1.29, 1.82) is 0 Å². The van der Waals surface area contributed by atoms with Crippen LogP contribution in [0.5, 0.6) is 0 Å². The Bertz CT molecular complexity index is 293. The first kappa shape index (κ1) is 13.9. The lowest BCUT2D eigenvalue weighted by Gasteiger charge is -2.00. The molecule has 6 heteroatoms. The molecule has 1 aromatic heterocycles. The van der Waals surface area contributed by atoms with Gasteiger partial charge in [0, 0.05) is 16.4 Å². The number of hydrogen-bond acceptors (Lipinski definition) is 3. The van der Waals surface area contributed by atoms with E-state index >= 15 is 0 Å². The third kappa shape index (κ3) is 4.41. The Morgan fingerprint density at radius 1 is 1.64 bits per heavy atom. The molecule has 0 spiro atoms. The molecule has 0 saturated carbocycles. The molecule has 0 saturated heterocycles. The summed E-state index contributed by atoms with van der Waals surface area (Å²) in [5, 5.41) is 4.67. The first-order valence-electron chi connectivity index (χ1n) is 3.96. The Hall–Kier alpha value is -0.100. The number of nitrogens with two attached hydrogens (primary N) is 1. The largest absolute Gasteiger partial charge is 0.351 e. The van der Waals surface area contributed by atoms with Crippen LogP contribution in [0.1, 0.15) is 16.1 Å². The SMILES string of the molecule is Cl.NCCCNC(=O)c1cc(Br)cs1. The third-order valence-electron chi connectivity index (χ3n) is 1.46. The minimum Gasteiger partial charge on any atom is -0.351 e. The highest BCUT2D eigenvalue weighted by molar-refractivity contribution is 9.10. The lowest BCUT2D eigenvalue weighted by molar-refractivity contribution is 0.0957. The van der Waals surface area contributed by atoms with Crippen molar-refractivity contribution < 1.29 is 4.79 Å².